The zero-order chi connectivity index (χ0) is 20.1. The van der Waals surface area contributed by atoms with Gasteiger partial charge in [0.2, 0.25) is 5.91 Å². The molecule has 0 bridgehead atoms. The summed E-state index contributed by atoms with van der Waals surface area (Å²) in [4.78, 5) is 38.0. The van der Waals surface area contributed by atoms with Crippen LogP contribution in [0.1, 0.15) is 44.7 Å². The minimum atomic E-state index is -0.278. The lowest BCUT2D eigenvalue weighted by atomic mass is 10.1. The van der Waals surface area contributed by atoms with Gasteiger partial charge < -0.3 is 10.1 Å². The Labute approximate surface area is 164 Å². The molecule has 146 valence electrons. The van der Waals surface area contributed by atoms with E-state index in [9.17, 15) is 14.4 Å². The molecule has 0 aromatic heterocycles. The van der Waals surface area contributed by atoms with E-state index in [2.05, 4.69) is 5.32 Å². The lowest BCUT2D eigenvalue weighted by Gasteiger charge is -2.13. The molecule has 3 amide bonds. The van der Waals surface area contributed by atoms with Gasteiger partial charge in [0.05, 0.1) is 18.2 Å². The summed E-state index contributed by atoms with van der Waals surface area (Å²) in [5.74, 6) is 0.167. The standard InChI is InChI=1S/C22H24N2O4/c1-15-5-10-18-19(14-15)22(27)24(21(18)26)13-3-4-20(25)23-12-11-16-6-8-17(28-2)9-7-16/h5-10,14H,3-4,11-13H2,1-2H3,(H,23,25). The molecule has 2 aromatic rings. The maximum atomic E-state index is 12.4. The highest BCUT2D eigenvalue weighted by Crippen LogP contribution is 2.24. The van der Waals surface area contributed by atoms with Gasteiger partial charge in [-0.1, -0.05) is 23.8 Å². The quantitative estimate of drug-likeness (QED) is 0.715. The van der Waals surface area contributed by atoms with Crippen LogP contribution >= 0.6 is 0 Å². The SMILES string of the molecule is COc1ccc(CCNC(=O)CCCN2C(=O)c3ccc(C)cc3C2=O)cc1. The third-order valence-corrected chi connectivity index (χ3v) is 4.81. The van der Waals surface area contributed by atoms with Crippen LogP contribution in [0.5, 0.6) is 5.75 Å². The highest BCUT2D eigenvalue weighted by atomic mass is 16.5. The summed E-state index contributed by atoms with van der Waals surface area (Å²) >= 11 is 0. The molecule has 0 saturated heterocycles. The van der Waals surface area contributed by atoms with Crippen molar-refractivity contribution in [2.75, 3.05) is 20.2 Å². The van der Waals surface area contributed by atoms with Gasteiger partial charge >= 0.3 is 0 Å². The number of ether oxygens (including phenoxy) is 1. The van der Waals surface area contributed by atoms with E-state index in [0.717, 1.165) is 23.3 Å². The van der Waals surface area contributed by atoms with Crippen molar-refractivity contribution in [2.24, 2.45) is 0 Å². The number of hydrogen-bond donors (Lipinski definition) is 1. The van der Waals surface area contributed by atoms with E-state index in [1.165, 1.54) is 4.90 Å². The van der Waals surface area contributed by atoms with Crippen molar-refractivity contribution >= 4 is 17.7 Å². The van der Waals surface area contributed by atoms with Gasteiger partial charge in [-0.15, -0.1) is 0 Å². The van der Waals surface area contributed by atoms with Crippen LogP contribution in [0.4, 0.5) is 0 Å². The monoisotopic (exact) mass is 380 g/mol. The van der Waals surface area contributed by atoms with Crippen molar-refractivity contribution in [3.05, 3.63) is 64.7 Å². The summed E-state index contributed by atoms with van der Waals surface area (Å²) in [6.07, 6.45) is 1.45. The number of aryl methyl sites for hydroxylation is 1. The van der Waals surface area contributed by atoms with E-state index in [1.807, 2.05) is 37.3 Å². The van der Waals surface area contributed by atoms with E-state index in [-0.39, 0.29) is 30.7 Å². The lowest BCUT2D eigenvalue weighted by Crippen LogP contribution is -2.32. The number of benzene rings is 2. The molecule has 0 radical (unpaired) electrons. The average Bonchev–Trinajstić information content (AvgIpc) is 2.92. The molecule has 1 N–H and O–H groups in total. The molecule has 1 aliphatic heterocycles. The second-order valence-corrected chi connectivity index (χ2v) is 6.86. The van der Waals surface area contributed by atoms with Crippen LogP contribution < -0.4 is 10.1 Å². The number of hydrogen-bond acceptors (Lipinski definition) is 4. The third-order valence-electron chi connectivity index (χ3n) is 4.81. The van der Waals surface area contributed by atoms with Crippen molar-refractivity contribution in [2.45, 2.75) is 26.2 Å². The van der Waals surface area contributed by atoms with Crippen LogP contribution in [0.25, 0.3) is 0 Å². The summed E-state index contributed by atoms with van der Waals surface area (Å²) in [6.45, 7) is 2.67. The van der Waals surface area contributed by atoms with E-state index in [0.29, 0.717) is 24.1 Å². The fraction of sp³-hybridized carbons (Fsp3) is 0.318. The van der Waals surface area contributed by atoms with Crippen LogP contribution in [-0.2, 0) is 11.2 Å². The first-order chi connectivity index (χ1) is 13.5. The van der Waals surface area contributed by atoms with Gasteiger partial charge in [0.15, 0.2) is 0 Å². The zero-order valence-corrected chi connectivity index (χ0v) is 16.2. The smallest absolute Gasteiger partial charge is 0.261 e. The number of methoxy groups -OCH3 is 1. The number of nitrogens with one attached hydrogen (secondary N) is 1. The van der Waals surface area contributed by atoms with Crippen LogP contribution in [-0.4, -0.2) is 42.8 Å². The number of fused-ring (bicyclic) bond motifs is 1. The van der Waals surface area contributed by atoms with Gasteiger partial charge in [-0.3, -0.25) is 19.3 Å². The van der Waals surface area contributed by atoms with Gasteiger partial charge in [0, 0.05) is 19.5 Å². The second kappa shape index (κ2) is 8.69. The van der Waals surface area contributed by atoms with E-state index in [1.54, 1.807) is 19.2 Å². The lowest BCUT2D eigenvalue weighted by molar-refractivity contribution is -0.121. The number of rotatable bonds is 8. The highest BCUT2D eigenvalue weighted by molar-refractivity contribution is 6.21. The summed E-state index contributed by atoms with van der Waals surface area (Å²) in [6, 6.07) is 13.0. The Hall–Kier alpha value is -3.15. The summed E-state index contributed by atoms with van der Waals surface area (Å²) in [7, 11) is 1.62. The van der Waals surface area contributed by atoms with Crippen LogP contribution in [0.2, 0.25) is 0 Å². The highest BCUT2D eigenvalue weighted by Gasteiger charge is 2.34. The maximum absolute atomic E-state index is 12.4. The molecular formula is C22H24N2O4. The minimum Gasteiger partial charge on any atom is -0.497 e. The first-order valence-electron chi connectivity index (χ1n) is 9.36. The molecule has 0 unspecified atom stereocenters. The number of nitrogens with zero attached hydrogens (tertiary/aromatic N) is 1. The summed E-state index contributed by atoms with van der Waals surface area (Å²) in [5.41, 5.74) is 2.95. The van der Waals surface area contributed by atoms with Crippen molar-refractivity contribution in [3.63, 3.8) is 0 Å². The third kappa shape index (κ3) is 4.39. The molecular weight excluding hydrogens is 356 g/mol. The Balaban J connectivity index is 1.40. The Morgan fingerprint density at radius 1 is 1.04 bits per heavy atom. The van der Waals surface area contributed by atoms with Crippen LogP contribution in [0.3, 0.4) is 0 Å². The normalized spacial score (nSPS) is 12.9. The second-order valence-electron chi connectivity index (χ2n) is 6.86. The molecule has 0 aliphatic carbocycles. The Morgan fingerprint density at radius 2 is 1.75 bits per heavy atom. The fourth-order valence-electron chi connectivity index (χ4n) is 3.23. The molecule has 1 heterocycles. The largest absolute Gasteiger partial charge is 0.497 e. The predicted octanol–water partition coefficient (Wildman–Crippen LogP) is 2.74. The van der Waals surface area contributed by atoms with Gasteiger partial charge in [-0.05, 0) is 49.6 Å². The van der Waals surface area contributed by atoms with Gasteiger partial charge in [0.25, 0.3) is 11.8 Å². The maximum Gasteiger partial charge on any atom is 0.261 e. The van der Waals surface area contributed by atoms with Crippen LogP contribution in [0, 0.1) is 6.92 Å². The molecule has 6 heteroatoms. The minimum absolute atomic E-state index is 0.0824. The molecule has 28 heavy (non-hydrogen) atoms. The van der Waals surface area contributed by atoms with Gasteiger partial charge in [-0.2, -0.15) is 0 Å². The van der Waals surface area contributed by atoms with E-state index >= 15 is 0 Å². The molecule has 2 aromatic carbocycles. The summed E-state index contributed by atoms with van der Waals surface area (Å²) < 4.78 is 5.12. The molecule has 3 rings (SSSR count). The average molecular weight is 380 g/mol. The summed E-state index contributed by atoms with van der Waals surface area (Å²) in [5, 5.41) is 2.87. The molecule has 0 fully saturated rings. The van der Waals surface area contributed by atoms with Crippen molar-refractivity contribution in [1.82, 2.24) is 10.2 Å². The number of carbonyl (C=O) groups is 3. The van der Waals surface area contributed by atoms with Crippen LogP contribution in [0.15, 0.2) is 42.5 Å². The molecule has 1 aliphatic rings. The van der Waals surface area contributed by atoms with Crippen molar-refractivity contribution in [3.8, 4) is 5.75 Å². The Kier molecular flexibility index (Phi) is 6.09. The molecule has 6 nitrogen and oxygen atoms in total. The van der Waals surface area contributed by atoms with Crippen molar-refractivity contribution in [1.29, 1.82) is 0 Å². The predicted molar refractivity (Wildman–Crippen MR) is 105 cm³/mol. The fourth-order valence-corrected chi connectivity index (χ4v) is 3.23. The van der Waals surface area contributed by atoms with Gasteiger partial charge in [-0.25, -0.2) is 0 Å². The molecule has 0 atom stereocenters. The molecule has 0 saturated carbocycles. The number of imide groups is 1. The first kappa shape index (κ1) is 19.6. The topological polar surface area (TPSA) is 75.7 Å². The van der Waals surface area contributed by atoms with E-state index < -0.39 is 0 Å². The first-order valence-corrected chi connectivity index (χ1v) is 9.36. The van der Waals surface area contributed by atoms with E-state index in [4.69, 9.17) is 4.74 Å². The van der Waals surface area contributed by atoms with Gasteiger partial charge in [0.1, 0.15) is 5.75 Å². The molecule has 0 spiro atoms. The number of amides is 3. The number of carbonyl (C=O) groups excluding carboxylic acids is 3. The Bertz CT molecular complexity index is 890. The zero-order valence-electron chi connectivity index (χ0n) is 16.2. The Morgan fingerprint density at radius 3 is 2.46 bits per heavy atom. The van der Waals surface area contributed by atoms with Crippen molar-refractivity contribution < 1.29 is 19.1 Å².